The molecule has 0 aliphatic heterocycles. The Labute approximate surface area is 568 Å². The van der Waals surface area contributed by atoms with E-state index in [1.165, 1.54) is 56.1 Å². The van der Waals surface area contributed by atoms with E-state index in [-0.39, 0.29) is 43.7 Å². The minimum atomic E-state index is -0.111. The van der Waals surface area contributed by atoms with Crippen LogP contribution in [0.4, 0.5) is 4.39 Å². The zero-order chi connectivity index (χ0) is 68.7. The van der Waals surface area contributed by atoms with Crippen molar-refractivity contribution in [2.75, 3.05) is 0 Å². The Kier molecular flexibility index (Phi) is 33.1. The van der Waals surface area contributed by atoms with E-state index < -0.39 is 0 Å². The average Bonchev–Trinajstić information content (AvgIpc) is 1.58. The average molecular weight is 1310 g/mol. The number of hydrogen-bond acceptors (Lipinski definition) is 0. The van der Waals surface area contributed by atoms with Crippen LogP contribution in [0.5, 0.6) is 0 Å². The molecule has 0 bridgehead atoms. The van der Waals surface area contributed by atoms with Crippen molar-refractivity contribution in [3.8, 4) is 0 Å². The Bertz CT molecular complexity index is 3120. The lowest BCUT2D eigenvalue weighted by molar-refractivity contribution is 0.523. The summed E-state index contributed by atoms with van der Waals surface area (Å²) in [5, 5.41) is 4.01. The van der Waals surface area contributed by atoms with E-state index in [4.69, 9.17) is 58.0 Å². The molecule has 0 nitrogen and oxygen atoms in total. The normalized spacial score (nSPS) is 11.7. The van der Waals surface area contributed by atoms with Crippen molar-refractivity contribution in [2.24, 2.45) is 0 Å². The molecule has 0 aliphatic rings. The molecule has 0 saturated heterocycles. The number of halogens is 6. The van der Waals surface area contributed by atoms with E-state index in [9.17, 15) is 4.39 Å². The highest BCUT2D eigenvalue weighted by molar-refractivity contribution is 6.33. The quantitative estimate of drug-likeness (QED) is 0.142. The van der Waals surface area contributed by atoms with E-state index >= 15 is 0 Å². The predicted molar refractivity (Wildman–Crippen MR) is 400 cm³/mol. The van der Waals surface area contributed by atoms with Crippen LogP contribution in [0, 0.1) is 26.6 Å². The molecule has 8 rings (SSSR count). The molecule has 0 N–H and O–H groups in total. The molecule has 0 fully saturated rings. The molecule has 8 aromatic carbocycles. The summed E-state index contributed by atoms with van der Waals surface area (Å²) in [6, 6.07) is 62.2. The molecule has 6 heteroatoms. The summed E-state index contributed by atoms with van der Waals surface area (Å²) >= 11 is 29.5. The maximum absolute atomic E-state index is 13.1. The van der Waals surface area contributed by atoms with Gasteiger partial charge in [-0.05, 0) is 174 Å². The number of aryl methyl sites for hydroxylation is 3. The lowest BCUT2D eigenvalue weighted by Crippen LogP contribution is -2.13. The van der Waals surface area contributed by atoms with Gasteiger partial charge in [-0.25, -0.2) is 4.39 Å². The fourth-order valence-electron chi connectivity index (χ4n) is 9.01. The minimum Gasteiger partial charge on any atom is -0.207 e. The first-order valence-corrected chi connectivity index (χ1v) is 33.0. The summed E-state index contributed by atoms with van der Waals surface area (Å²) in [7, 11) is 0. The maximum atomic E-state index is 13.1. The van der Waals surface area contributed by atoms with Crippen LogP contribution in [0.15, 0.2) is 188 Å². The van der Waals surface area contributed by atoms with E-state index in [1.54, 1.807) is 12.1 Å². The van der Waals surface area contributed by atoms with Gasteiger partial charge in [-0.15, -0.1) is 0 Å². The second-order valence-corrected chi connectivity index (χ2v) is 33.2. The van der Waals surface area contributed by atoms with Gasteiger partial charge in [0, 0.05) is 25.1 Å². The first kappa shape index (κ1) is 82.2. The summed E-state index contributed by atoms with van der Waals surface area (Å²) in [5.41, 5.74) is 15.5. The molecule has 0 amide bonds. The highest BCUT2D eigenvalue weighted by atomic mass is 35.5. The lowest BCUT2D eigenvalue weighted by Gasteiger charge is -2.22. The molecule has 486 valence electrons. The predicted octanol–water partition coefficient (Wildman–Crippen LogP) is 28.2. The van der Waals surface area contributed by atoms with Crippen molar-refractivity contribution < 1.29 is 4.39 Å². The van der Waals surface area contributed by atoms with E-state index in [0.717, 1.165) is 36.2 Å². The molecule has 0 aromatic heterocycles. The second-order valence-electron chi connectivity index (χ2n) is 31.1. The van der Waals surface area contributed by atoms with Crippen LogP contribution in [-0.4, -0.2) is 0 Å². The van der Waals surface area contributed by atoms with E-state index in [2.05, 4.69) is 263 Å². The van der Waals surface area contributed by atoms with Gasteiger partial charge in [-0.2, -0.15) is 0 Å². The van der Waals surface area contributed by atoms with Crippen molar-refractivity contribution in [3.05, 3.63) is 280 Å². The van der Waals surface area contributed by atoms with Crippen LogP contribution in [-0.2, 0) is 43.3 Å². The third-order valence-corrected chi connectivity index (χ3v) is 15.7. The Hall–Kier alpha value is -4.86. The smallest absolute Gasteiger partial charge is 0.126 e. The van der Waals surface area contributed by atoms with Crippen molar-refractivity contribution in [2.45, 2.75) is 230 Å². The van der Waals surface area contributed by atoms with Crippen molar-refractivity contribution in [3.63, 3.8) is 0 Å². The van der Waals surface area contributed by atoms with Gasteiger partial charge in [0.1, 0.15) is 5.82 Å². The molecule has 0 saturated carbocycles. The second kappa shape index (κ2) is 35.8. The Morgan fingerprint density at radius 1 is 0.236 bits per heavy atom. The molecule has 0 atom stereocenters. The van der Waals surface area contributed by atoms with E-state index in [1.807, 2.05) is 93.6 Å². The van der Waals surface area contributed by atoms with Gasteiger partial charge in [0.05, 0.1) is 0 Å². The fraction of sp³-hybridized carbons (Fsp3) is 0.422. The highest BCUT2D eigenvalue weighted by Crippen LogP contribution is 2.33. The Morgan fingerprint density at radius 2 is 0.596 bits per heavy atom. The first-order valence-electron chi connectivity index (χ1n) is 31.1. The summed E-state index contributed by atoms with van der Waals surface area (Å²) in [6.07, 6.45) is 0. The Balaban J connectivity index is 0.000000509. The fourth-order valence-corrected chi connectivity index (χ4v) is 10.3. The van der Waals surface area contributed by atoms with Crippen molar-refractivity contribution >= 4 is 58.0 Å². The van der Waals surface area contributed by atoms with Crippen molar-refractivity contribution in [1.29, 1.82) is 0 Å². The number of hydrogen-bond donors (Lipinski definition) is 0. The third-order valence-electron chi connectivity index (χ3n) is 14.3. The SMILES string of the molecule is CC(C)(C)c1cc(Cl)ccc1Cl.CC(C)(C)c1ccc(Cl)cc1.CC(C)(C)c1cccc(Cl)c1.CC(C)(C)c1ccccc1.CC(C)(C)c1ccccc1Cl.CC(C)(C)c1ccccc1F.Cc1ccc(C)c(C(C)(C)C)c1.Cc1ccccc1C(C)(C)C. The summed E-state index contributed by atoms with van der Waals surface area (Å²) < 4.78 is 13.1. The maximum Gasteiger partial charge on any atom is 0.126 e. The van der Waals surface area contributed by atoms with Gasteiger partial charge in [0.15, 0.2) is 0 Å². The van der Waals surface area contributed by atoms with Crippen LogP contribution in [0.3, 0.4) is 0 Å². The van der Waals surface area contributed by atoms with Gasteiger partial charge >= 0.3 is 0 Å². The molecule has 0 unspecified atom stereocenters. The summed E-state index contributed by atoms with van der Waals surface area (Å²) in [6.45, 7) is 58.6. The van der Waals surface area contributed by atoms with Crippen LogP contribution in [0.2, 0.25) is 25.1 Å². The molecule has 0 spiro atoms. The molecular weight excluding hydrogens is 1190 g/mol. The topological polar surface area (TPSA) is 0 Å². The van der Waals surface area contributed by atoms with Crippen LogP contribution >= 0.6 is 58.0 Å². The van der Waals surface area contributed by atoms with Gasteiger partial charge in [-0.3, -0.25) is 0 Å². The van der Waals surface area contributed by atoms with E-state index in [0.29, 0.717) is 5.41 Å². The highest BCUT2D eigenvalue weighted by Gasteiger charge is 2.21. The standard InChI is InChI=1S/C12H18.C11H16.C10H12Cl2.3C10H13Cl.C10H13F.C10H14/c1-9-6-7-10(2)11(8-9)12(3,4)5;1-9-7-5-6-8-10(9)11(2,3)4;1-10(2,3)8-6-7(11)4-5-9(8)12;1-10(2,3)8-4-6-9(11)7-5-8;1-10(2,3)8-5-4-6-9(11)7-8;2*1-10(2,3)8-6-4-5-7-9(8)11;1-10(2,3)9-7-5-4-6-8-9/h6-8H,1-5H3;5-8H,1-4H3;4-6H,1-3H3;4*4-7H,1-3H3;4-8H,1-3H3. The largest absolute Gasteiger partial charge is 0.207 e. The summed E-state index contributed by atoms with van der Waals surface area (Å²) in [5.74, 6) is -0.111. The Morgan fingerprint density at radius 3 is 0.944 bits per heavy atom. The zero-order valence-electron chi connectivity index (χ0n) is 59.7. The van der Waals surface area contributed by atoms with Gasteiger partial charge < -0.3 is 0 Å². The number of benzene rings is 8. The molecular formula is C83H112Cl5F. The molecule has 0 radical (unpaired) electrons. The van der Waals surface area contributed by atoms with Crippen molar-refractivity contribution in [1.82, 2.24) is 0 Å². The van der Waals surface area contributed by atoms with Crippen LogP contribution < -0.4 is 0 Å². The monoisotopic (exact) mass is 1300 g/mol. The van der Waals surface area contributed by atoms with Gasteiger partial charge in [-0.1, -0.05) is 363 Å². The van der Waals surface area contributed by atoms with Crippen LogP contribution in [0.1, 0.15) is 227 Å². The third kappa shape index (κ3) is 32.3. The molecule has 89 heavy (non-hydrogen) atoms. The minimum absolute atomic E-state index is 0.0575. The molecule has 0 heterocycles. The first-order chi connectivity index (χ1) is 40.5. The zero-order valence-corrected chi connectivity index (χ0v) is 63.4. The molecule has 8 aromatic rings. The summed E-state index contributed by atoms with van der Waals surface area (Å²) in [4.78, 5) is 0. The lowest BCUT2D eigenvalue weighted by atomic mass is 9.83. The van der Waals surface area contributed by atoms with Gasteiger partial charge in [0.25, 0.3) is 0 Å². The van der Waals surface area contributed by atoms with Crippen LogP contribution in [0.25, 0.3) is 0 Å². The molecule has 0 aliphatic carbocycles. The number of rotatable bonds is 0. The van der Waals surface area contributed by atoms with Gasteiger partial charge in [0.2, 0.25) is 0 Å².